The van der Waals surface area contributed by atoms with Gasteiger partial charge in [0.15, 0.2) is 0 Å². The molecule has 0 radical (unpaired) electrons. The molecule has 0 saturated heterocycles. The number of rotatable bonds is 3. The highest BCUT2D eigenvalue weighted by Gasteiger charge is 2.16. The number of phenolic OH excluding ortho intramolecular Hbond substituents is 2. The summed E-state index contributed by atoms with van der Waals surface area (Å²) >= 11 is 1.77. The minimum atomic E-state index is 0.0910. The van der Waals surface area contributed by atoms with Crippen LogP contribution in [-0.2, 0) is 12.8 Å². The van der Waals surface area contributed by atoms with E-state index in [9.17, 15) is 10.2 Å². The van der Waals surface area contributed by atoms with E-state index in [1.807, 2.05) is 0 Å². The van der Waals surface area contributed by atoms with Gasteiger partial charge in [0, 0.05) is 17.4 Å². The first-order valence-electron chi connectivity index (χ1n) is 6.80. The predicted octanol–water partition coefficient (Wildman–Crippen LogP) is 3.86. The lowest BCUT2D eigenvalue weighted by molar-refractivity contribution is 0.442. The second-order valence-electron chi connectivity index (χ2n) is 5.21. The molecule has 0 spiro atoms. The summed E-state index contributed by atoms with van der Waals surface area (Å²) in [5.74, 6) is 0.416. The molecule has 1 aliphatic rings. The number of thiazole rings is 1. The monoisotopic (exact) mass is 287 g/mol. The summed E-state index contributed by atoms with van der Waals surface area (Å²) in [6.45, 7) is 2.07. The first-order chi connectivity index (χ1) is 9.63. The van der Waals surface area contributed by atoms with Crippen LogP contribution in [0.2, 0.25) is 0 Å². The first-order valence-corrected chi connectivity index (χ1v) is 7.62. The Bertz CT molecular complexity index is 660. The molecule has 3 rings (SSSR count). The van der Waals surface area contributed by atoms with Crippen LogP contribution in [0.15, 0.2) is 24.3 Å². The third-order valence-corrected chi connectivity index (χ3v) is 4.76. The van der Waals surface area contributed by atoms with Crippen molar-refractivity contribution < 1.29 is 10.2 Å². The van der Waals surface area contributed by atoms with Gasteiger partial charge >= 0.3 is 0 Å². The molecule has 104 valence electrons. The molecule has 1 atom stereocenters. The highest BCUT2D eigenvalue weighted by molar-refractivity contribution is 7.11. The van der Waals surface area contributed by atoms with Crippen molar-refractivity contribution in [1.82, 2.24) is 4.98 Å². The van der Waals surface area contributed by atoms with Crippen molar-refractivity contribution in [3.63, 3.8) is 0 Å². The van der Waals surface area contributed by atoms with Gasteiger partial charge in [0.25, 0.3) is 0 Å². The van der Waals surface area contributed by atoms with Crippen LogP contribution in [0, 0.1) is 0 Å². The number of fused-ring (bicyclic) bond motifs is 1. The van der Waals surface area contributed by atoms with Gasteiger partial charge < -0.3 is 10.2 Å². The van der Waals surface area contributed by atoms with Crippen LogP contribution in [0.4, 0.5) is 0 Å². The first kappa shape index (κ1) is 13.2. The van der Waals surface area contributed by atoms with E-state index < -0.39 is 0 Å². The maximum Gasteiger partial charge on any atom is 0.122 e. The van der Waals surface area contributed by atoms with Gasteiger partial charge in [-0.25, -0.2) is 4.98 Å². The van der Waals surface area contributed by atoms with Gasteiger partial charge in [0.05, 0.1) is 10.7 Å². The molecular formula is C16H17NO2S. The normalized spacial score (nSPS) is 15.1. The summed E-state index contributed by atoms with van der Waals surface area (Å²) < 4.78 is 0. The summed E-state index contributed by atoms with van der Waals surface area (Å²) in [6.07, 6.45) is 7.26. The zero-order chi connectivity index (χ0) is 14.1. The predicted molar refractivity (Wildman–Crippen MR) is 81.4 cm³/mol. The molecule has 1 aliphatic carbocycles. The lowest BCUT2D eigenvalue weighted by atomic mass is 9.97. The van der Waals surface area contributed by atoms with Gasteiger partial charge in [-0.15, -0.1) is 11.3 Å². The molecule has 1 aromatic heterocycles. The van der Waals surface area contributed by atoms with Crippen molar-refractivity contribution in [1.29, 1.82) is 0 Å². The van der Waals surface area contributed by atoms with Gasteiger partial charge in [-0.1, -0.05) is 19.1 Å². The molecule has 3 nitrogen and oxygen atoms in total. The lowest BCUT2D eigenvalue weighted by Gasteiger charge is -2.12. The number of aromatic nitrogens is 1. The van der Waals surface area contributed by atoms with Gasteiger partial charge in [-0.3, -0.25) is 0 Å². The van der Waals surface area contributed by atoms with Gasteiger partial charge in [0.1, 0.15) is 11.5 Å². The number of hydrogen-bond acceptors (Lipinski definition) is 4. The Hall–Kier alpha value is -1.81. The summed E-state index contributed by atoms with van der Waals surface area (Å²) in [7, 11) is 0. The van der Waals surface area contributed by atoms with Crippen LogP contribution in [0.5, 0.6) is 11.5 Å². The van der Waals surface area contributed by atoms with Crippen molar-refractivity contribution in [2.45, 2.75) is 32.1 Å². The van der Waals surface area contributed by atoms with Crippen LogP contribution in [0.1, 0.15) is 40.4 Å². The van der Waals surface area contributed by atoms with E-state index in [4.69, 9.17) is 0 Å². The van der Waals surface area contributed by atoms with E-state index in [1.165, 1.54) is 10.9 Å². The topological polar surface area (TPSA) is 53.4 Å². The number of allylic oxidation sites excluding steroid dienone is 1. The van der Waals surface area contributed by atoms with Gasteiger partial charge in [-0.2, -0.15) is 0 Å². The molecule has 0 bridgehead atoms. The number of aromatic hydroxyl groups is 2. The summed E-state index contributed by atoms with van der Waals surface area (Å²) in [4.78, 5) is 6.03. The Morgan fingerprint density at radius 1 is 1.35 bits per heavy atom. The van der Waals surface area contributed by atoms with Crippen molar-refractivity contribution >= 4 is 17.4 Å². The van der Waals surface area contributed by atoms with Crippen molar-refractivity contribution in [3.8, 4) is 11.5 Å². The second kappa shape index (κ2) is 5.29. The molecule has 20 heavy (non-hydrogen) atoms. The van der Waals surface area contributed by atoms with Gasteiger partial charge in [0.2, 0.25) is 0 Å². The maximum atomic E-state index is 9.91. The smallest absolute Gasteiger partial charge is 0.122 e. The molecule has 2 aromatic rings. The molecule has 1 unspecified atom stereocenters. The van der Waals surface area contributed by atoms with Crippen molar-refractivity contribution in [2.24, 2.45) is 0 Å². The molecule has 4 heteroatoms. The molecule has 1 heterocycles. The Kier molecular flexibility index (Phi) is 3.49. The van der Waals surface area contributed by atoms with Crippen LogP contribution in [0.25, 0.3) is 6.08 Å². The zero-order valence-electron chi connectivity index (χ0n) is 11.3. The van der Waals surface area contributed by atoms with Crippen LogP contribution in [0.3, 0.4) is 0 Å². The highest BCUT2D eigenvalue weighted by atomic mass is 32.1. The fourth-order valence-corrected chi connectivity index (χ4v) is 3.74. The minimum absolute atomic E-state index is 0.0910. The van der Waals surface area contributed by atoms with E-state index in [1.54, 1.807) is 23.5 Å². The third kappa shape index (κ3) is 2.56. The Labute approximate surface area is 122 Å². The van der Waals surface area contributed by atoms with E-state index >= 15 is 0 Å². The largest absolute Gasteiger partial charge is 0.508 e. The van der Waals surface area contributed by atoms with Crippen molar-refractivity contribution in [3.05, 3.63) is 45.4 Å². The van der Waals surface area contributed by atoms with Crippen LogP contribution in [-0.4, -0.2) is 15.2 Å². The van der Waals surface area contributed by atoms with E-state index in [2.05, 4.69) is 24.1 Å². The van der Waals surface area contributed by atoms with Crippen molar-refractivity contribution in [2.75, 3.05) is 0 Å². The molecular weight excluding hydrogens is 270 g/mol. The van der Waals surface area contributed by atoms with Gasteiger partial charge in [-0.05, 0) is 36.5 Å². The maximum absolute atomic E-state index is 9.91. The van der Waals surface area contributed by atoms with E-state index in [0.717, 1.165) is 35.5 Å². The number of nitrogens with zero attached hydrogens (tertiary/aromatic N) is 1. The SMILES string of the molecule is CC(Cc1nc2c(s1)CCC=C2)c1ccc(O)cc1O. The molecule has 2 N–H and O–H groups in total. The number of phenols is 2. The average molecular weight is 287 g/mol. The highest BCUT2D eigenvalue weighted by Crippen LogP contribution is 2.33. The Morgan fingerprint density at radius 2 is 2.20 bits per heavy atom. The van der Waals surface area contributed by atoms with E-state index in [0.29, 0.717) is 0 Å². The fraction of sp³-hybridized carbons (Fsp3) is 0.312. The fourth-order valence-electron chi connectivity index (χ4n) is 2.54. The second-order valence-corrected chi connectivity index (χ2v) is 6.37. The molecule has 1 aromatic carbocycles. The molecule has 0 aliphatic heterocycles. The summed E-state index contributed by atoms with van der Waals surface area (Å²) in [5, 5.41) is 20.4. The van der Waals surface area contributed by atoms with Crippen LogP contribution >= 0.6 is 11.3 Å². The average Bonchev–Trinajstić information content (AvgIpc) is 2.80. The number of aryl methyl sites for hydroxylation is 1. The van der Waals surface area contributed by atoms with E-state index in [-0.39, 0.29) is 17.4 Å². The minimum Gasteiger partial charge on any atom is -0.508 e. The molecule has 0 amide bonds. The molecule has 0 fully saturated rings. The Balaban J connectivity index is 1.80. The zero-order valence-corrected chi connectivity index (χ0v) is 12.2. The van der Waals surface area contributed by atoms with Crippen LogP contribution < -0.4 is 0 Å². The summed E-state index contributed by atoms with van der Waals surface area (Å²) in [5.41, 5.74) is 1.96. The standard InChI is InChI=1S/C16H17NO2S/c1-10(12-7-6-11(18)9-14(12)19)8-16-17-13-4-2-3-5-15(13)20-16/h2,4,6-7,9-10,18-19H,3,5,8H2,1H3. The number of benzene rings is 1. The quantitative estimate of drug-likeness (QED) is 0.901. The lowest BCUT2D eigenvalue weighted by Crippen LogP contribution is -1.98. The number of hydrogen-bond donors (Lipinski definition) is 2. The molecule has 0 saturated carbocycles. The summed E-state index contributed by atoms with van der Waals surface area (Å²) in [6, 6.07) is 4.78. The third-order valence-electron chi connectivity index (χ3n) is 3.61. The Morgan fingerprint density at radius 3 is 2.95 bits per heavy atom.